The van der Waals surface area contributed by atoms with Crippen LogP contribution in [0.4, 0.5) is 0 Å². The Morgan fingerprint density at radius 1 is 1.18 bits per heavy atom. The molecule has 0 bridgehead atoms. The molecule has 1 N–H and O–H groups in total. The first-order valence-electron chi connectivity index (χ1n) is 5.35. The van der Waals surface area contributed by atoms with Crippen molar-refractivity contribution in [2.24, 2.45) is 0 Å². The van der Waals surface area contributed by atoms with Gasteiger partial charge in [0.15, 0.2) is 0 Å². The second-order valence-electron chi connectivity index (χ2n) is 3.81. The predicted octanol–water partition coefficient (Wildman–Crippen LogP) is 4.53. The van der Waals surface area contributed by atoms with Crippen LogP contribution in [0.15, 0.2) is 34.7 Å². The number of halogens is 2. The van der Waals surface area contributed by atoms with Gasteiger partial charge < -0.3 is 9.73 Å². The number of furan rings is 1. The zero-order valence-corrected chi connectivity index (χ0v) is 11.1. The molecule has 90 valence electrons. The molecule has 2 nitrogen and oxygen atoms in total. The van der Waals surface area contributed by atoms with E-state index >= 15 is 0 Å². The van der Waals surface area contributed by atoms with Gasteiger partial charge in [0.2, 0.25) is 0 Å². The van der Waals surface area contributed by atoms with Crippen molar-refractivity contribution in [3.05, 3.63) is 46.1 Å². The molecule has 4 heteroatoms. The third-order valence-corrected chi connectivity index (χ3v) is 3.52. The van der Waals surface area contributed by atoms with Crippen molar-refractivity contribution in [3.8, 4) is 11.3 Å². The van der Waals surface area contributed by atoms with Crippen molar-refractivity contribution in [1.29, 1.82) is 0 Å². The number of nitrogens with one attached hydrogen (secondary N) is 1. The highest BCUT2D eigenvalue weighted by Crippen LogP contribution is 2.35. The van der Waals surface area contributed by atoms with Crippen LogP contribution < -0.4 is 5.32 Å². The van der Waals surface area contributed by atoms with Crippen LogP contribution in [-0.2, 0) is 0 Å². The van der Waals surface area contributed by atoms with Gasteiger partial charge in [-0.1, -0.05) is 29.3 Å². The van der Waals surface area contributed by atoms with Gasteiger partial charge in [0.1, 0.15) is 11.5 Å². The highest BCUT2D eigenvalue weighted by Gasteiger charge is 2.13. The lowest BCUT2D eigenvalue weighted by atomic mass is 10.2. The van der Waals surface area contributed by atoms with Crippen molar-refractivity contribution in [2.75, 3.05) is 7.05 Å². The normalized spacial score (nSPS) is 12.7. The standard InChI is InChI=1S/C13H13Cl2NO/c1-8(16-2)11-6-7-12(17-11)9-4-3-5-10(14)13(9)15/h3-8,16H,1-2H3. The molecule has 0 fully saturated rings. The molecule has 0 amide bonds. The fourth-order valence-corrected chi connectivity index (χ4v) is 1.96. The number of hydrogen-bond donors (Lipinski definition) is 1. The number of rotatable bonds is 3. The zero-order chi connectivity index (χ0) is 12.4. The Balaban J connectivity index is 2.40. The summed E-state index contributed by atoms with van der Waals surface area (Å²) in [5.41, 5.74) is 0.814. The SMILES string of the molecule is CNC(C)c1ccc(-c2cccc(Cl)c2Cl)o1. The Kier molecular flexibility index (Phi) is 3.77. The summed E-state index contributed by atoms with van der Waals surface area (Å²) in [5, 5.41) is 4.17. The van der Waals surface area contributed by atoms with Gasteiger partial charge in [0.25, 0.3) is 0 Å². The second kappa shape index (κ2) is 5.13. The first-order chi connectivity index (χ1) is 8.13. The molecular weight excluding hydrogens is 257 g/mol. The average molecular weight is 270 g/mol. The molecule has 1 heterocycles. The van der Waals surface area contributed by atoms with Crippen molar-refractivity contribution in [2.45, 2.75) is 13.0 Å². The molecule has 17 heavy (non-hydrogen) atoms. The zero-order valence-electron chi connectivity index (χ0n) is 9.63. The van der Waals surface area contributed by atoms with Crippen LogP contribution in [0.25, 0.3) is 11.3 Å². The van der Waals surface area contributed by atoms with E-state index in [1.807, 2.05) is 38.2 Å². The number of benzene rings is 1. The van der Waals surface area contributed by atoms with E-state index in [0.29, 0.717) is 10.0 Å². The van der Waals surface area contributed by atoms with Crippen LogP contribution in [0.3, 0.4) is 0 Å². The lowest BCUT2D eigenvalue weighted by Gasteiger charge is -2.06. The van der Waals surface area contributed by atoms with E-state index < -0.39 is 0 Å². The minimum atomic E-state index is 0.168. The second-order valence-corrected chi connectivity index (χ2v) is 4.60. The van der Waals surface area contributed by atoms with Gasteiger partial charge in [0, 0.05) is 5.56 Å². The molecule has 0 spiro atoms. The summed E-state index contributed by atoms with van der Waals surface area (Å²) in [6, 6.07) is 9.51. The van der Waals surface area contributed by atoms with Crippen molar-refractivity contribution >= 4 is 23.2 Å². The maximum Gasteiger partial charge on any atom is 0.135 e. The highest BCUT2D eigenvalue weighted by atomic mass is 35.5. The topological polar surface area (TPSA) is 25.2 Å². The van der Waals surface area contributed by atoms with Gasteiger partial charge in [-0.15, -0.1) is 0 Å². The van der Waals surface area contributed by atoms with Crippen molar-refractivity contribution in [3.63, 3.8) is 0 Å². The molecule has 0 radical (unpaired) electrons. The number of hydrogen-bond acceptors (Lipinski definition) is 2. The van der Waals surface area contributed by atoms with Gasteiger partial charge in [-0.05, 0) is 38.2 Å². The van der Waals surface area contributed by atoms with E-state index in [1.54, 1.807) is 6.07 Å². The van der Waals surface area contributed by atoms with Gasteiger partial charge in [0.05, 0.1) is 16.1 Å². The van der Waals surface area contributed by atoms with Crippen LogP contribution in [0, 0.1) is 0 Å². The molecule has 2 rings (SSSR count). The third-order valence-electron chi connectivity index (χ3n) is 2.70. The summed E-state index contributed by atoms with van der Waals surface area (Å²) < 4.78 is 5.75. The minimum absolute atomic E-state index is 0.168. The van der Waals surface area contributed by atoms with Gasteiger partial charge >= 0.3 is 0 Å². The van der Waals surface area contributed by atoms with Crippen LogP contribution in [0.5, 0.6) is 0 Å². The molecule has 1 unspecified atom stereocenters. The molecule has 1 aromatic heterocycles. The summed E-state index contributed by atoms with van der Waals surface area (Å²) in [5.74, 6) is 1.60. The monoisotopic (exact) mass is 269 g/mol. The quantitative estimate of drug-likeness (QED) is 0.886. The Morgan fingerprint density at radius 2 is 1.94 bits per heavy atom. The molecule has 0 aliphatic heterocycles. The van der Waals surface area contributed by atoms with Gasteiger partial charge in [-0.3, -0.25) is 0 Å². The van der Waals surface area contributed by atoms with Crippen molar-refractivity contribution in [1.82, 2.24) is 5.32 Å². The molecule has 1 atom stereocenters. The smallest absolute Gasteiger partial charge is 0.135 e. The first kappa shape index (κ1) is 12.5. The molecule has 0 saturated carbocycles. The summed E-state index contributed by atoms with van der Waals surface area (Å²) >= 11 is 12.1. The maximum atomic E-state index is 6.14. The van der Waals surface area contributed by atoms with Crippen LogP contribution in [-0.4, -0.2) is 7.05 Å². The highest BCUT2D eigenvalue weighted by molar-refractivity contribution is 6.43. The van der Waals surface area contributed by atoms with Gasteiger partial charge in [-0.2, -0.15) is 0 Å². The summed E-state index contributed by atoms with van der Waals surface area (Å²) in [6.07, 6.45) is 0. The summed E-state index contributed by atoms with van der Waals surface area (Å²) in [4.78, 5) is 0. The Hall–Kier alpha value is -0.960. The van der Waals surface area contributed by atoms with Crippen LogP contribution in [0.1, 0.15) is 18.7 Å². The molecular formula is C13H13Cl2NO. The lowest BCUT2D eigenvalue weighted by Crippen LogP contribution is -2.10. The van der Waals surface area contributed by atoms with E-state index in [-0.39, 0.29) is 6.04 Å². The Bertz CT molecular complexity index is 522. The van der Waals surface area contributed by atoms with Crippen molar-refractivity contribution < 1.29 is 4.42 Å². The Labute approximate surface area is 111 Å². The largest absolute Gasteiger partial charge is 0.459 e. The maximum absolute atomic E-state index is 6.14. The van der Waals surface area contributed by atoms with E-state index in [0.717, 1.165) is 17.1 Å². The molecule has 1 aromatic carbocycles. The third kappa shape index (κ3) is 2.49. The average Bonchev–Trinajstić information content (AvgIpc) is 2.81. The first-order valence-corrected chi connectivity index (χ1v) is 6.10. The minimum Gasteiger partial charge on any atom is -0.459 e. The summed E-state index contributed by atoms with van der Waals surface area (Å²) in [6.45, 7) is 2.03. The molecule has 0 saturated heterocycles. The fourth-order valence-electron chi connectivity index (χ4n) is 1.57. The summed E-state index contributed by atoms with van der Waals surface area (Å²) in [7, 11) is 1.89. The van der Waals surface area contributed by atoms with E-state index in [9.17, 15) is 0 Å². The lowest BCUT2D eigenvalue weighted by molar-refractivity contribution is 0.458. The van der Waals surface area contributed by atoms with E-state index in [4.69, 9.17) is 27.6 Å². The van der Waals surface area contributed by atoms with E-state index in [1.165, 1.54) is 0 Å². The van der Waals surface area contributed by atoms with E-state index in [2.05, 4.69) is 5.32 Å². The molecule has 2 aromatic rings. The molecule has 0 aliphatic rings. The van der Waals surface area contributed by atoms with Crippen LogP contribution in [0.2, 0.25) is 10.0 Å². The van der Waals surface area contributed by atoms with Crippen LogP contribution >= 0.6 is 23.2 Å². The van der Waals surface area contributed by atoms with Gasteiger partial charge in [-0.25, -0.2) is 0 Å². The molecule has 0 aliphatic carbocycles. The fraction of sp³-hybridized carbons (Fsp3) is 0.231. The Morgan fingerprint density at radius 3 is 2.65 bits per heavy atom. The predicted molar refractivity (Wildman–Crippen MR) is 71.6 cm³/mol.